The average molecular weight is 232 g/mol. The molecule has 1 atom stereocenters. The molecule has 90 valence electrons. The van der Waals surface area contributed by atoms with Crippen LogP contribution in [0.25, 0.3) is 0 Å². The molecular formula is C13H16N2O2. The SMILES string of the molecule is CCCCC(=O)[C@H]1CCCc2c(C#N)noc21. The van der Waals surface area contributed by atoms with Crippen molar-refractivity contribution < 1.29 is 9.32 Å². The van der Waals surface area contributed by atoms with Gasteiger partial charge in [0.2, 0.25) is 0 Å². The zero-order valence-electron chi connectivity index (χ0n) is 10.0. The van der Waals surface area contributed by atoms with Gasteiger partial charge in [-0.2, -0.15) is 5.26 Å². The number of unbranched alkanes of at least 4 members (excludes halogenated alkanes) is 1. The van der Waals surface area contributed by atoms with E-state index in [9.17, 15) is 4.79 Å². The first-order valence-corrected chi connectivity index (χ1v) is 6.19. The van der Waals surface area contributed by atoms with Crippen molar-refractivity contribution in [1.29, 1.82) is 5.26 Å². The van der Waals surface area contributed by atoms with Crippen molar-refractivity contribution in [3.05, 3.63) is 17.0 Å². The summed E-state index contributed by atoms with van der Waals surface area (Å²) >= 11 is 0. The maximum Gasteiger partial charge on any atom is 0.186 e. The fourth-order valence-electron chi connectivity index (χ4n) is 2.37. The van der Waals surface area contributed by atoms with E-state index in [4.69, 9.17) is 9.78 Å². The number of hydrogen-bond donors (Lipinski definition) is 0. The van der Waals surface area contributed by atoms with Crippen molar-refractivity contribution in [3.63, 3.8) is 0 Å². The summed E-state index contributed by atoms with van der Waals surface area (Å²) in [5, 5.41) is 12.6. The highest BCUT2D eigenvalue weighted by Crippen LogP contribution is 2.34. The zero-order valence-corrected chi connectivity index (χ0v) is 10.0. The Bertz CT molecular complexity index is 456. The molecule has 0 radical (unpaired) electrons. The third-order valence-electron chi connectivity index (χ3n) is 3.33. The first-order chi connectivity index (χ1) is 8.27. The van der Waals surface area contributed by atoms with Gasteiger partial charge in [-0.25, -0.2) is 0 Å². The van der Waals surface area contributed by atoms with Crippen molar-refractivity contribution in [1.82, 2.24) is 5.16 Å². The van der Waals surface area contributed by atoms with Gasteiger partial charge in [-0.1, -0.05) is 18.5 Å². The minimum absolute atomic E-state index is 0.167. The van der Waals surface area contributed by atoms with Crippen LogP contribution in [0.3, 0.4) is 0 Å². The Morgan fingerprint density at radius 2 is 2.47 bits per heavy atom. The molecule has 1 heterocycles. The van der Waals surface area contributed by atoms with Crippen molar-refractivity contribution in [2.45, 2.75) is 51.4 Å². The van der Waals surface area contributed by atoms with Crippen LogP contribution in [-0.2, 0) is 11.2 Å². The van der Waals surface area contributed by atoms with Gasteiger partial charge in [-0.05, 0) is 25.7 Å². The van der Waals surface area contributed by atoms with E-state index >= 15 is 0 Å². The molecule has 0 bridgehead atoms. The van der Waals surface area contributed by atoms with Gasteiger partial charge < -0.3 is 4.52 Å². The molecule has 0 aromatic carbocycles. The van der Waals surface area contributed by atoms with Crippen LogP contribution in [0.4, 0.5) is 0 Å². The highest BCUT2D eigenvalue weighted by atomic mass is 16.5. The smallest absolute Gasteiger partial charge is 0.186 e. The van der Waals surface area contributed by atoms with Crippen LogP contribution < -0.4 is 0 Å². The van der Waals surface area contributed by atoms with E-state index in [1.165, 1.54) is 0 Å². The lowest BCUT2D eigenvalue weighted by Crippen LogP contribution is -2.17. The molecule has 4 heteroatoms. The lowest BCUT2D eigenvalue weighted by Gasteiger charge is -2.18. The molecule has 0 spiro atoms. The van der Waals surface area contributed by atoms with E-state index in [2.05, 4.69) is 12.1 Å². The Balaban J connectivity index is 2.20. The predicted octanol–water partition coefficient (Wildman–Crippen LogP) is 2.73. The quantitative estimate of drug-likeness (QED) is 0.800. The fraction of sp³-hybridized carbons (Fsp3) is 0.615. The highest BCUT2D eigenvalue weighted by molar-refractivity contribution is 5.85. The van der Waals surface area contributed by atoms with Crippen LogP contribution in [0.2, 0.25) is 0 Å². The van der Waals surface area contributed by atoms with Gasteiger partial charge >= 0.3 is 0 Å². The van der Waals surface area contributed by atoms with Gasteiger partial charge in [0.15, 0.2) is 11.5 Å². The number of rotatable bonds is 4. The molecule has 0 N–H and O–H groups in total. The molecular weight excluding hydrogens is 216 g/mol. The zero-order chi connectivity index (χ0) is 12.3. The van der Waals surface area contributed by atoms with Gasteiger partial charge in [0.25, 0.3) is 0 Å². The Labute approximate surface area is 101 Å². The van der Waals surface area contributed by atoms with Gasteiger partial charge in [-0.15, -0.1) is 0 Å². The second-order valence-electron chi connectivity index (χ2n) is 4.50. The molecule has 1 aromatic heterocycles. The van der Waals surface area contributed by atoms with E-state index < -0.39 is 0 Å². The molecule has 0 amide bonds. The maximum absolute atomic E-state index is 12.0. The number of carbonyl (C=O) groups is 1. The summed E-state index contributed by atoms with van der Waals surface area (Å²) < 4.78 is 5.20. The second-order valence-corrected chi connectivity index (χ2v) is 4.50. The third-order valence-corrected chi connectivity index (χ3v) is 3.33. The normalized spacial score (nSPS) is 18.5. The monoisotopic (exact) mass is 232 g/mol. The van der Waals surface area contributed by atoms with E-state index in [1.807, 2.05) is 6.07 Å². The van der Waals surface area contributed by atoms with Crippen molar-refractivity contribution in [3.8, 4) is 6.07 Å². The van der Waals surface area contributed by atoms with E-state index in [0.717, 1.165) is 37.7 Å². The summed E-state index contributed by atoms with van der Waals surface area (Å²) in [7, 11) is 0. The minimum Gasteiger partial charge on any atom is -0.359 e. The van der Waals surface area contributed by atoms with Crippen molar-refractivity contribution in [2.75, 3.05) is 0 Å². The third kappa shape index (κ3) is 2.23. The minimum atomic E-state index is -0.167. The highest BCUT2D eigenvalue weighted by Gasteiger charge is 2.32. The number of aromatic nitrogens is 1. The number of nitrogens with zero attached hydrogens (tertiary/aromatic N) is 2. The molecule has 1 aromatic rings. The number of ketones is 1. The van der Waals surface area contributed by atoms with Crippen molar-refractivity contribution >= 4 is 5.78 Å². The van der Waals surface area contributed by atoms with Crippen LogP contribution >= 0.6 is 0 Å². The molecule has 0 saturated heterocycles. The molecule has 1 aliphatic carbocycles. The molecule has 1 aliphatic rings. The number of fused-ring (bicyclic) bond motifs is 1. The first-order valence-electron chi connectivity index (χ1n) is 6.19. The second kappa shape index (κ2) is 5.13. The van der Waals surface area contributed by atoms with E-state index in [1.54, 1.807) is 0 Å². The fourth-order valence-corrected chi connectivity index (χ4v) is 2.37. The summed E-state index contributed by atoms with van der Waals surface area (Å²) in [5.41, 5.74) is 1.21. The van der Waals surface area contributed by atoms with E-state index in [0.29, 0.717) is 17.9 Å². The van der Waals surface area contributed by atoms with E-state index in [-0.39, 0.29) is 11.7 Å². The number of Topliss-reactive ketones (excluding diaryl/α,β-unsaturated/α-hetero) is 1. The largest absolute Gasteiger partial charge is 0.359 e. The van der Waals surface area contributed by atoms with Crippen LogP contribution in [0.1, 0.15) is 62.0 Å². The molecule has 0 saturated carbocycles. The Hall–Kier alpha value is -1.63. The summed E-state index contributed by atoms with van der Waals surface area (Å²) in [6.45, 7) is 2.07. The molecule has 4 nitrogen and oxygen atoms in total. The number of nitriles is 1. The van der Waals surface area contributed by atoms with Crippen molar-refractivity contribution in [2.24, 2.45) is 0 Å². The van der Waals surface area contributed by atoms with Gasteiger partial charge in [0.1, 0.15) is 11.9 Å². The molecule has 2 rings (SSSR count). The molecule has 0 fully saturated rings. The Morgan fingerprint density at radius 1 is 1.65 bits per heavy atom. The molecule has 0 aliphatic heterocycles. The van der Waals surface area contributed by atoms with Crippen LogP contribution in [-0.4, -0.2) is 10.9 Å². The first kappa shape index (κ1) is 11.8. The standard InChI is InChI=1S/C13H16N2O2/c1-2-3-7-12(16)10-6-4-5-9-11(8-14)15-17-13(9)10/h10H,2-7H2,1H3/t10-/m1/s1. The molecule has 17 heavy (non-hydrogen) atoms. The van der Waals surface area contributed by atoms with Gasteiger partial charge in [-0.3, -0.25) is 4.79 Å². The Kier molecular flexibility index (Phi) is 3.58. The lowest BCUT2D eigenvalue weighted by atomic mass is 9.83. The Morgan fingerprint density at radius 3 is 3.18 bits per heavy atom. The van der Waals surface area contributed by atoms with Crippen LogP contribution in [0.5, 0.6) is 0 Å². The molecule has 0 unspecified atom stereocenters. The lowest BCUT2D eigenvalue weighted by molar-refractivity contribution is -0.121. The van der Waals surface area contributed by atoms with Crippen LogP contribution in [0, 0.1) is 11.3 Å². The topological polar surface area (TPSA) is 66.9 Å². The van der Waals surface area contributed by atoms with Gasteiger partial charge in [0.05, 0.1) is 5.92 Å². The maximum atomic E-state index is 12.0. The number of carbonyl (C=O) groups excluding carboxylic acids is 1. The summed E-state index contributed by atoms with van der Waals surface area (Å²) in [6, 6.07) is 2.02. The number of hydrogen-bond acceptors (Lipinski definition) is 4. The summed E-state index contributed by atoms with van der Waals surface area (Å²) in [5.74, 6) is 0.710. The summed E-state index contributed by atoms with van der Waals surface area (Å²) in [4.78, 5) is 12.0. The average Bonchev–Trinajstić information content (AvgIpc) is 2.78. The predicted molar refractivity (Wildman–Crippen MR) is 61.4 cm³/mol. The van der Waals surface area contributed by atoms with Crippen LogP contribution in [0.15, 0.2) is 4.52 Å². The summed E-state index contributed by atoms with van der Waals surface area (Å²) in [6.07, 6.45) is 5.11. The van der Waals surface area contributed by atoms with Gasteiger partial charge in [0, 0.05) is 12.0 Å².